The molecule has 0 bridgehead atoms. The maximum Gasteiger partial charge on any atom is 0.115 e. The fraction of sp³-hybridized carbons (Fsp3) is 0.333. The van der Waals surface area contributed by atoms with Crippen LogP contribution in [0.2, 0.25) is 0 Å². The van der Waals surface area contributed by atoms with E-state index in [1.807, 2.05) is 12.1 Å². The highest BCUT2D eigenvalue weighted by atomic mass is 16.5. The molecule has 0 spiro atoms. The van der Waals surface area contributed by atoms with Crippen LogP contribution in [0.4, 0.5) is 0 Å². The zero-order chi connectivity index (χ0) is 13.0. The predicted octanol–water partition coefficient (Wildman–Crippen LogP) is 0.671. The molecule has 2 rings (SSSR count). The third-order valence-corrected chi connectivity index (χ3v) is 2.62. The normalized spacial score (nSPS) is 10.8. The number of aliphatic hydroxyl groups is 1. The van der Waals surface area contributed by atoms with Crippen LogP contribution in [-0.4, -0.2) is 32.3 Å². The molecule has 0 saturated carbocycles. The Kier molecular flexibility index (Phi) is 3.91. The van der Waals surface area contributed by atoms with Gasteiger partial charge in [-0.3, -0.25) is 0 Å². The Bertz CT molecular complexity index is 508. The summed E-state index contributed by atoms with van der Waals surface area (Å²) in [5.41, 5.74) is 2.27. The zero-order valence-corrected chi connectivity index (χ0v) is 10.1. The summed E-state index contributed by atoms with van der Waals surface area (Å²) in [5.74, 6) is 0.227. The van der Waals surface area contributed by atoms with Crippen LogP contribution < -0.4 is 0 Å². The largest absolute Gasteiger partial charge is 0.508 e. The second-order valence-corrected chi connectivity index (χ2v) is 3.90. The Morgan fingerprint density at radius 1 is 1.28 bits per heavy atom. The average molecular weight is 249 g/mol. The second-order valence-electron chi connectivity index (χ2n) is 3.90. The van der Waals surface area contributed by atoms with Gasteiger partial charge in [0.05, 0.1) is 25.5 Å². The first-order valence-electron chi connectivity index (χ1n) is 5.53. The number of hydrogen-bond acceptors (Lipinski definition) is 5. The minimum atomic E-state index is -0.158. The maximum atomic E-state index is 9.22. The summed E-state index contributed by atoms with van der Waals surface area (Å²) in [6.07, 6.45) is 0. The number of ether oxygens (including phenoxy) is 1. The molecule has 0 fully saturated rings. The molecule has 18 heavy (non-hydrogen) atoms. The molecule has 1 aromatic carbocycles. The number of aliphatic hydroxyl groups excluding tert-OH is 1. The van der Waals surface area contributed by atoms with Gasteiger partial charge in [-0.25, -0.2) is 4.68 Å². The summed E-state index contributed by atoms with van der Waals surface area (Å²) < 4.78 is 6.76. The maximum absolute atomic E-state index is 9.22. The van der Waals surface area contributed by atoms with Gasteiger partial charge in [0.2, 0.25) is 0 Å². The van der Waals surface area contributed by atoms with E-state index in [-0.39, 0.29) is 12.4 Å². The van der Waals surface area contributed by atoms with Crippen molar-refractivity contribution in [1.82, 2.24) is 15.0 Å². The van der Waals surface area contributed by atoms with Crippen molar-refractivity contribution >= 4 is 0 Å². The molecule has 0 amide bonds. The molecule has 0 unspecified atom stereocenters. The van der Waals surface area contributed by atoms with Crippen molar-refractivity contribution in [2.75, 3.05) is 7.11 Å². The number of rotatable bonds is 5. The molecule has 2 aromatic rings. The topological polar surface area (TPSA) is 80.4 Å². The number of hydrogen-bond donors (Lipinski definition) is 2. The summed E-state index contributed by atoms with van der Waals surface area (Å²) in [5, 5.41) is 26.3. The van der Waals surface area contributed by atoms with Gasteiger partial charge in [-0.15, -0.1) is 5.10 Å². The Balaban J connectivity index is 2.22. The molecule has 0 aliphatic rings. The summed E-state index contributed by atoms with van der Waals surface area (Å²) in [4.78, 5) is 0. The molecule has 0 radical (unpaired) electrons. The van der Waals surface area contributed by atoms with Crippen LogP contribution >= 0.6 is 0 Å². The fourth-order valence-corrected chi connectivity index (χ4v) is 1.69. The van der Waals surface area contributed by atoms with Crippen LogP contribution in [0.5, 0.6) is 5.75 Å². The number of phenols is 1. The number of benzene rings is 1. The molecule has 0 saturated heterocycles. The van der Waals surface area contributed by atoms with Crippen molar-refractivity contribution in [3.63, 3.8) is 0 Å². The number of aromatic hydroxyl groups is 1. The van der Waals surface area contributed by atoms with Crippen LogP contribution in [0.1, 0.15) is 17.0 Å². The van der Waals surface area contributed by atoms with E-state index in [0.717, 1.165) is 11.3 Å². The zero-order valence-electron chi connectivity index (χ0n) is 10.1. The van der Waals surface area contributed by atoms with Crippen molar-refractivity contribution in [3.05, 3.63) is 41.2 Å². The van der Waals surface area contributed by atoms with Gasteiger partial charge in [-0.05, 0) is 17.7 Å². The average Bonchev–Trinajstić information content (AvgIpc) is 2.75. The van der Waals surface area contributed by atoms with Crippen LogP contribution in [0.15, 0.2) is 24.3 Å². The van der Waals surface area contributed by atoms with Gasteiger partial charge >= 0.3 is 0 Å². The van der Waals surface area contributed by atoms with Gasteiger partial charge in [0.15, 0.2) is 0 Å². The third kappa shape index (κ3) is 2.66. The lowest BCUT2D eigenvalue weighted by molar-refractivity contribution is 0.173. The van der Waals surface area contributed by atoms with Crippen LogP contribution in [0.25, 0.3) is 0 Å². The van der Waals surface area contributed by atoms with Crippen molar-refractivity contribution < 1.29 is 14.9 Å². The molecule has 0 aliphatic carbocycles. The standard InChI is InChI=1S/C12H15N3O3/c1-18-8-12-11(7-16)13-14-15(12)6-9-2-4-10(17)5-3-9/h2-5,16-17H,6-8H2,1H3. The van der Waals surface area contributed by atoms with Gasteiger partial charge in [0, 0.05) is 7.11 Å². The summed E-state index contributed by atoms with van der Waals surface area (Å²) in [7, 11) is 1.58. The van der Waals surface area contributed by atoms with Gasteiger partial charge in [-0.2, -0.15) is 0 Å². The number of phenolic OH excluding ortho intramolecular Hbond substituents is 1. The molecule has 6 heteroatoms. The molecule has 1 aromatic heterocycles. The van der Waals surface area contributed by atoms with Crippen molar-refractivity contribution in [3.8, 4) is 5.75 Å². The van der Waals surface area contributed by atoms with E-state index in [4.69, 9.17) is 9.84 Å². The third-order valence-electron chi connectivity index (χ3n) is 2.62. The van der Waals surface area contributed by atoms with Gasteiger partial charge < -0.3 is 14.9 Å². The van der Waals surface area contributed by atoms with E-state index in [9.17, 15) is 5.11 Å². The monoisotopic (exact) mass is 249 g/mol. The quantitative estimate of drug-likeness (QED) is 0.814. The lowest BCUT2D eigenvalue weighted by Gasteiger charge is -2.07. The van der Waals surface area contributed by atoms with Crippen molar-refractivity contribution in [1.29, 1.82) is 0 Å². The first kappa shape index (κ1) is 12.5. The fourth-order valence-electron chi connectivity index (χ4n) is 1.69. The van der Waals surface area contributed by atoms with Crippen molar-refractivity contribution in [2.24, 2.45) is 0 Å². The van der Waals surface area contributed by atoms with Gasteiger partial charge in [0.25, 0.3) is 0 Å². The Hall–Kier alpha value is -1.92. The Morgan fingerprint density at radius 2 is 2.00 bits per heavy atom. The molecular weight excluding hydrogens is 234 g/mol. The minimum Gasteiger partial charge on any atom is -0.508 e. The van der Waals surface area contributed by atoms with Gasteiger partial charge in [-0.1, -0.05) is 17.3 Å². The molecular formula is C12H15N3O3. The smallest absolute Gasteiger partial charge is 0.115 e. The van der Waals surface area contributed by atoms with E-state index >= 15 is 0 Å². The van der Waals surface area contributed by atoms with E-state index in [2.05, 4.69) is 10.3 Å². The molecule has 0 aliphatic heterocycles. The SMILES string of the molecule is COCc1c(CO)nnn1Cc1ccc(O)cc1. The highest BCUT2D eigenvalue weighted by molar-refractivity contribution is 5.26. The number of methoxy groups -OCH3 is 1. The highest BCUT2D eigenvalue weighted by Gasteiger charge is 2.12. The lowest BCUT2D eigenvalue weighted by Crippen LogP contribution is -2.08. The van der Waals surface area contributed by atoms with Crippen LogP contribution in [0.3, 0.4) is 0 Å². The van der Waals surface area contributed by atoms with E-state index < -0.39 is 0 Å². The van der Waals surface area contributed by atoms with Crippen LogP contribution in [0, 0.1) is 0 Å². The van der Waals surface area contributed by atoms with E-state index in [1.54, 1.807) is 23.9 Å². The van der Waals surface area contributed by atoms with E-state index in [1.165, 1.54) is 0 Å². The Labute approximate surface area is 104 Å². The molecule has 1 heterocycles. The summed E-state index contributed by atoms with van der Waals surface area (Å²) in [6, 6.07) is 6.86. The molecule has 2 N–H and O–H groups in total. The molecule has 96 valence electrons. The molecule has 6 nitrogen and oxygen atoms in total. The van der Waals surface area contributed by atoms with Crippen LogP contribution in [-0.2, 0) is 24.5 Å². The second kappa shape index (κ2) is 5.61. The summed E-state index contributed by atoms with van der Waals surface area (Å²) in [6.45, 7) is 0.710. The lowest BCUT2D eigenvalue weighted by atomic mass is 10.2. The highest BCUT2D eigenvalue weighted by Crippen LogP contribution is 2.13. The molecule has 0 atom stereocenters. The number of aromatic nitrogens is 3. The van der Waals surface area contributed by atoms with Gasteiger partial charge in [0.1, 0.15) is 11.4 Å². The van der Waals surface area contributed by atoms with Crippen molar-refractivity contribution in [2.45, 2.75) is 19.8 Å². The Morgan fingerprint density at radius 3 is 2.61 bits per heavy atom. The summed E-state index contributed by atoms with van der Waals surface area (Å²) >= 11 is 0. The minimum absolute atomic E-state index is 0.158. The first-order chi connectivity index (χ1) is 8.74. The predicted molar refractivity (Wildman–Crippen MR) is 63.9 cm³/mol. The first-order valence-corrected chi connectivity index (χ1v) is 5.53. The number of nitrogens with zero attached hydrogens (tertiary/aromatic N) is 3. The van der Waals surface area contributed by atoms with E-state index in [0.29, 0.717) is 18.8 Å².